The standard InChI is InChI=1S/C17H20N4O5S/c1-2-26-13-3-5-14(6-4-13)27(24,25)21-11-9-20(10-12-21)17(23)15-7-8-16(22)19-18-15/h3-8H,2,9-12H2,1H3,(H,19,22). The summed E-state index contributed by atoms with van der Waals surface area (Å²) in [4.78, 5) is 25.1. The van der Waals surface area contributed by atoms with E-state index >= 15 is 0 Å². The summed E-state index contributed by atoms with van der Waals surface area (Å²) >= 11 is 0. The molecular weight excluding hydrogens is 372 g/mol. The van der Waals surface area contributed by atoms with Crippen molar-refractivity contribution in [3.8, 4) is 5.75 Å². The van der Waals surface area contributed by atoms with Gasteiger partial charge in [0.1, 0.15) is 11.4 Å². The van der Waals surface area contributed by atoms with Crippen LogP contribution in [0.4, 0.5) is 0 Å². The Hall–Kier alpha value is -2.72. The second-order valence-electron chi connectivity index (χ2n) is 5.91. The van der Waals surface area contributed by atoms with Gasteiger partial charge in [-0.2, -0.15) is 9.40 Å². The average Bonchev–Trinajstić information content (AvgIpc) is 2.69. The topological polar surface area (TPSA) is 113 Å². The number of ether oxygens (including phenoxy) is 1. The summed E-state index contributed by atoms with van der Waals surface area (Å²) in [6.07, 6.45) is 0. The van der Waals surface area contributed by atoms with Crippen molar-refractivity contribution in [2.24, 2.45) is 0 Å². The maximum absolute atomic E-state index is 12.8. The first-order valence-electron chi connectivity index (χ1n) is 8.50. The van der Waals surface area contributed by atoms with Crippen molar-refractivity contribution in [2.45, 2.75) is 11.8 Å². The molecule has 1 aromatic heterocycles. The molecule has 3 rings (SSSR count). The number of amides is 1. The van der Waals surface area contributed by atoms with E-state index in [0.717, 1.165) is 0 Å². The Labute approximate surface area is 156 Å². The van der Waals surface area contributed by atoms with E-state index in [2.05, 4.69) is 10.2 Å². The number of aromatic nitrogens is 2. The maximum atomic E-state index is 12.8. The molecule has 0 bridgehead atoms. The fourth-order valence-corrected chi connectivity index (χ4v) is 4.20. The summed E-state index contributed by atoms with van der Waals surface area (Å²) in [5, 5.41) is 5.94. The molecule has 0 radical (unpaired) electrons. The number of benzene rings is 1. The molecule has 0 unspecified atom stereocenters. The minimum absolute atomic E-state index is 0.123. The van der Waals surface area contributed by atoms with Crippen molar-refractivity contribution < 1.29 is 17.9 Å². The van der Waals surface area contributed by atoms with Crippen LogP contribution in [0.5, 0.6) is 5.75 Å². The predicted molar refractivity (Wildman–Crippen MR) is 97.1 cm³/mol. The zero-order valence-corrected chi connectivity index (χ0v) is 15.6. The van der Waals surface area contributed by atoms with Crippen molar-refractivity contribution in [2.75, 3.05) is 32.8 Å². The number of H-pyrrole nitrogens is 1. The van der Waals surface area contributed by atoms with E-state index < -0.39 is 15.6 Å². The van der Waals surface area contributed by atoms with Gasteiger partial charge in [0.25, 0.3) is 11.5 Å². The normalized spacial score (nSPS) is 15.5. The van der Waals surface area contributed by atoms with Gasteiger partial charge in [0.2, 0.25) is 10.0 Å². The molecule has 2 aromatic rings. The van der Waals surface area contributed by atoms with Crippen LogP contribution >= 0.6 is 0 Å². The number of hydrogen-bond donors (Lipinski definition) is 1. The molecule has 0 saturated carbocycles. The van der Waals surface area contributed by atoms with Gasteiger partial charge < -0.3 is 9.64 Å². The lowest BCUT2D eigenvalue weighted by atomic mass is 10.3. The molecule has 1 aromatic carbocycles. The molecule has 0 aliphatic carbocycles. The molecule has 10 heteroatoms. The quantitative estimate of drug-likeness (QED) is 0.784. The van der Waals surface area contributed by atoms with Crippen LogP contribution in [0.1, 0.15) is 17.4 Å². The van der Waals surface area contributed by atoms with Gasteiger partial charge in [0.15, 0.2) is 0 Å². The van der Waals surface area contributed by atoms with Crippen LogP contribution in [0.2, 0.25) is 0 Å². The van der Waals surface area contributed by atoms with Gasteiger partial charge in [-0.3, -0.25) is 9.59 Å². The first kappa shape index (κ1) is 19.1. The van der Waals surface area contributed by atoms with Gasteiger partial charge in [-0.1, -0.05) is 0 Å². The first-order chi connectivity index (χ1) is 12.9. The maximum Gasteiger partial charge on any atom is 0.274 e. The molecule has 1 saturated heterocycles. The van der Waals surface area contributed by atoms with E-state index in [4.69, 9.17) is 4.74 Å². The predicted octanol–water partition coefficient (Wildman–Crippen LogP) is 0.315. The van der Waals surface area contributed by atoms with Crippen LogP contribution in [0.3, 0.4) is 0 Å². The zero-order chi connectivity index (χ0) is 19.4. The number of carbonyl (C=O) groups excluding carboxylic acids is 1. The number of piperazine rings is 1. The van der Waals surface area contributed by atoms with Crippen molar-refractivity contribution in [3.05, 3.63) is 52.4 Å². The zero-order valence-electron chi connectivity index (χ0n) is 14.8. The van der Waals surface area contributed by atoms with Crippen LogP contribution in [-0.4, -0.2) is 66.5 Å². The Morgan fingerprint density at radius 3 is 2.33 bits per heavy atom. The van der Waals surface area contributed by atoms with Crippen molar-refractivity contribution >= 4 is 15.9 Å². The average molecular weight is 392 g/mol. The van der Waals surface area contributed by atoms with E-state index in [1.807, 2.05) is 6.92 Å². The summed E-state index contributed by atoms with van der Waals surface area (Å²) in [6, 6.07) is 8.86. The molecule has 1 aliphatic rings. The van der Waals surface area contributed by atoms with Gasteiger partial charge in [-0.05, 0) is 37.3 Å². The summed E-state index contributed by atoms with van der Waals surface area (Å²) in [7, 11) is -3.64. The van der Waals surface area contributed by atoms with E-state index in [0.29, 0.717) is 12.4 Å². The van der Waals surface area contributed by atoms with Crippen LogP contribution in [0.25, 0.3) is 0 Å². The number of nitrogens with zero attached hydrogens (tertiary/aromatic N) is 3. The Balaban J connectivity index is 1.66. The summed E-state index contributed by atoms with van der Waals surface area (Å²) in [5.41, 5.74) is -0.268. The lowest BCUT2D eigenvalue weighted by molar-refractivity contribution is 0.0690. The molecular formula is C17H20N4O5S. The molecule has 0 atom stereocenters. The van der Waals surface area contributed by atoms with E-state index in [-0.39, 0.29) is 42.7 Å². The molecule has 1 amide bonds. The largest absolute Gasteiger partial charge is 0.494 e. The Morgan fingerprint density at radius 2 is 1.78 bits per heavy atom. The van der Waals surface area contributed by atoms with Crippen LogP contribution in [0, 0.1) is 0 Å². The molecule has 1 N–H and O–H groups in total. The Bertz CT molecular complexity index is 943. The van der Waals surface area contributed by atoms with Crippen molar-refractivity contribution in [1.82, 2.24) is 19.4 Å². The van der Waals surface area contributed by atoms with Gasteiger partial charge in [0, 0.05) is 32.2 Å². The van der Waals surface area contributed by atoms with Gasteiger partial charge in [-0.25, -0.2) is 13.5 Å². The minimum atomic E-state index is -3.64. The van der Waals surface area contributed by atoms with Gasteiger partial charge >= 0.3 is 0 Å². The fourth-order valence-electron chi connectivity index (χ4n) is 2.78. The SMILES string of the molecule is CCOc1ccc(S(=O)(=O)N2CCN(C(=O)c3ccc(=O)[nH]n3)CC2)cc1. The highest BCUT2D eigenvalue weighted by Crippen LogP contribution is 2.21. The lowest BCUT2D eigenvalue weighted by Gasteiger charge is -2.33. The third-order valence-corrected chi connectivity index (χ3v) is 6.11. The number of nitrogens with one attached hydrogen (secondary N) is 1. The highest BCUT2D eigenvalue weighted by Gasteiger charge is 2.30. The molecule has 1 aliphatic heterocycles. The number of carbonyl (C=O) groups is 1. The van der Waals surface area contributed by atoms with E-state index in [1.165, 1.54) is 33.5 Å². The third-order valence-electron chi connectivity index (χ3n) is 4.20. The Kier molecular flexibility index (Phi) is 5.57. The smallest absolute Gasteiger partial charge is 0.274 e. The Morgan fingerprint density at radius 1 is 1.11 bits per heavy atom. The van der Waals surface area contributed by atoms with E-state index in [1.54, 1.807) is 12.1 Å². The second kappa shape index (κ2) is 7.89. The summed E-state index contributed by atoms with van der Waals surface area (Å²) < 4.78 is 32.2. The third kappa shape index (κ3) is 4.17. The van der Waals surface area contributed by atoms with Crippen LogP contribution < -0.4 is 10.3 Å². The highest BCUT2D eigenvalue weighted by atomic mass is 32.2. The van der Waals surface area contributed by atoms with Crippen LogP contribution in [-0.2, 0) is 10.0 Å². The van der Waals surface area contributed by atoms with Gasteiger partial charge in [-0.15, -0.1) is 0 Å². The molecule has 9 nitrogen and oxygen atoms in total. The molecule has 144 valence electrons. The van der Waals surface area contributed by atoms with Gasteiger partial charge in [0.05, 0.1) is 11.5 Å². The fraction of sp³-hybridized carbons (Fsp3) is 0.353. The summed E-state index contributed by atoms with van der Waals surface area (Å²) in [5.74, 6) is 0.268. The highest BCUT2D eigenvalue weighted by molar-refractivity contribution is 7.89. The van der Waals surface area contributed by atoms with Crippen molar-refractivity contribution in [3.63, 3.8) is 0 Å². The number of hydrogen-bond acceptors (Lipinski definition) is 6. The first-order valence-corrected chi connectivity index (χ1v) is 9.94. The molecule has 27 heavy (non-hydrogen) atoms. The number of rotatable bonds is 5. The number of aromatic amines is 1. The second-order valence-corrected chi connectivity index (χ2v) is 7.85. The van der Waals surface area contributed by atoms with Crippen LogP contribution in [0.15, 0.2) is 46.1 Å². The van der Waals surface area contributed by atoms with E-state index in [9.17, 15) is 18.0 Å². The molecule has 1 fully saturated rings. The molecule has 0 spiro atoms. The van der Waals surface area contributed by atoms with Crippen molar-refractivity contribution in [1.29, 1.82) is 0 Å². The minimum Gasteiger partial charge on any atom is -0.494 e. The molecule has 2 heterocycles. The summed E-state index contributed by atoms with van der Waals surface area (Å²) in [6.45, 7) is 3.22. The monoisotopic (exact) mass is 392 g/mol. The lowest BCUT2D eigenvalue weighted by Crippen LogP contribution is -2.50. The number of sulfonamides is 1.